The summed E-state index contributed by atoms with van der Waals surface area (Å²) in [5.74, 6) is 0.957. The first-order valence-corrected chi connectivity index (χ1v) is 7.30. The van der Waals surface area contributed by atoms with Crippen LogP contribution in [0.3, 0.4) is 0 Å². The Labute approximate surface area is 117 Å². The van der Waals surface area contributed by atoms with E-state index in [2.05, 4.69) is 32.2 Å². The Morgan fingerprint density at radius 2 is 1.95 bits per heavy atom. The fourth-order valence-electron chi connectivity index (χ4n) is 1.71. The molecule has 1 atom stereocenters. The first-order valence-electron chi connectivity index (χ1n) is 7.30. The molecule has 0 aliphatic rings. The third-order valence-electron chi connectivity index (χ3n) is 3.03. The lowest BCUT2D eigenvalue weighted by molar-refractivity contribution is 0.0425. The van der Waals surface area contributed by atoms with Crippen molar-refractivity contribution in [2.75, 3.05) is 19.8 Å². The summed E-state index contributed by atoms with van der Waals surface area (Å²) in [7, 11) is 0. The normalized spacial score (nSPS) is 12.4. The van der Waals surface area contributed by atoms with Crippen molar-refractivity contribution in [1.29, 1.82) is 0 Å². The van der Waals surface area contributed by atoms with E-state index in [1.54, 1.807) is 0 Å². The number of nitrogens with one attached hydrogen (secondary N) is 1. The van der Waals surface area contributed by atoms with Gasteiger partial charge in [0.2, 0.25) is 0 Å². The molecule has 1 rings (SSSR count). The summed E-state index contributed by atoms with van der Waals surface area (Å²) in [5.41, 5.74) is 1.21. The van der Waals surface area contributed by atoms with Gasteiger partial charge in [0, 0.05) is 12.1 Å². The van der Waals surface area contributed by atoms with Crippen molar-refractivity contribution < 1.29 is 9.47 Å². The number of rotatable bonds is 10. The molecule has 0 saturated heterocycles. The fourth-order valence-corrected chi connectivity index (χ4v) is 1.71. The number of benzene rings is 1. The van der Waals surface area contributed by atoms with E-state index < -0.39 is 0 Å². The number of para-hydroxylation sites is 1. The van der Waals surface area contributed by atoms with E-state index in [1.165, 1.54) is 5.56 Å². The lowest BCUT2D eigenvalue weighted by Crippen LogP contribution is -2.16. The molecule has 0 spiro atoms. The van der Waals surface area contributed by atoms with E-state index in [4.69, 9.17) is 9.47 Å². The molecule has 3 nitrogen and oxygen atoms in total. The van der Waals surface area contributed by atoms with E-state index in [0.717, 1.165) is 31.7 Å². The minimum atomic E-state index is 0.310. The zero-order valence-corrected chi connectivity index (χ0v) is 12.4. The molecule has 1 aromatic rings. The van der Waals surface area contributed by atoms with Crippen molar-refractivity contribution in [3.8, 4) is 5.75 Å². The van der Waals surface area contributed by atoms with E-state index >= 15 is 0 Å². The topological polar surface area (TPSA) is 30.5 Å². The molecule has 0 aromatic heterocycles. The molecule has 1 aromatic carbocycles. The molecule has 0 fully saturated rings. The van der Waals surface area contributed by atoms with Gasteiger partial charge in [-0.2, -0.15) is 0 Å². The summed E-state index contributed by atoms with van der Waals surface area (Å²) in [5, 5.41) is 3.40. The maximum absolute atomic E-state index is 5.80. The molecule has 1 N–H and O–H groups in total. The second-order valence-corrected chi connectivity index (χ2v) is 4.72. The van der Waals surface area contributed by atoms with Crippen LogP contribution < -0.4 is 10.1 Å². The predicted octanol–water partition coefficient (Wildman–Crippen LogP) is 3.38. The van der Waals surface area contributed by atoms with Crippen LogP contribution in [0.2, 0.25) is 0 Å². The highest BCUT2D eigenvalue weighted by molar-refractivity contribution is 5.33. The van der Waals surface area contributed by atoms with Gasteiger partial charge in [0.05, 0.1) is 12.7 Å². The van der Waals surface area contributed by atoms with Gasteiger partial charge in [0.1, 0.15) is 12.4 Å². The Bertz CT molecular complexity index is 341. The Balaban J connectivity index is 2.35. The summed E-state index contributed by atoms with van der Waals surface area (Å²) in [4.78, 5) is 0. The molecule has 0 bridgehead atoms. The van der Waals surface area contributed by atoms with Gasteiger partial charge in [-0.25, -0.2) is 0 Å². The lowest BCUT2D eigenvalue weighted by Gasteiger charge is -2.14. The van der Waals surface area contributed by atoms with Crippen molar-refractivity contribution in [2.24, 2.45) is 0 Å². The van der Waals surface area contributed by atoms with E-state index in [1.807, 2.05) is 18.2 Å². The zero-order chi connectivity index (χ0) is 13.9. The van der Waals surface area contributed by atoms with E-state index in [-0.39, 0.29) is 0 Å². The standard InChI is InChI=1S/C16H27NO2/c1-4-10-17-13-15-8-6-7-9-16(15)19-12-11-18-14(3)5-2/h6-9,14,17H,4-5,10-13H2,1-3H3. The van der Waals surface area contributed by atoms with Gasteiger partial charge in [-0.05, 0) is 32.4 Å². The molecule has 0 radical (unpaired) electrons. The van der Waals surface area contributed by atoms with Gasteiger partial charge in [-0.1, -0.05) is 32.0 Å². The second-order valence-electron chi connectivity index (χ2n) is 4.72. The molecule has 1 unspecified atom stereocenters. The molecular formula is C16H27NO2. The smallest absolute Gasteiger partial charge is 0.123 e. The van der Waals surface area contributed by atoms with E-state index in [9.17, 15) is 0 Å². The van der Waals surface area contributed by atoms with Crippen LogP contribution in [0.5, 0.6) is 5.75 Å². The van der Waals surface area contributed by atoms with Gasteiger partial charge in [0.15, 0.2) is 0 Å². The largest absolute Gasteiger partial charge is 0.491 e. The van der Waals surface area contributed by atoms with Gasteiger partial charge in [0.25, 0.3) is 0 Å². The van der Waals surface area contributed by atoms with Crippen molar-refractivity contribution in [3.63, 3.8) is 0 Å². The van der Waals surface area contributed by atoms with Crippen molar-refractivity contribution in [1.82, 2.24) is 5.32 Å². The maximum Gasteiger partial charge on any atom is 0.123 e. The highest BCUT2D eigenvalue weighted by Gasteiger charge is 2.03. The predicted molar refractivity (Wildman–Crippen MR) is 79.6 cm³/mol. The second kappa shape index (κ2) is 9.82. The van der Waals surface area contributed by atoms with Crippen molar-refractivity contribution in [2.45, 2.75) is 46.3 Å². The molecule has 19 heavy (non-hydrogen) atoms. The number of hydrogen-bond acceptors (Lipinski definition) is 3. The van der Waals surface area contributed by atoms with Crippen LogP contribution in [0.1, 0.15) is 39.2 Å². The first-order chi connectivity index (χ1) is 9.27. The van der Waals surface area contributed by atoms with Gasteiger partial charge < -0.3 is 14.8 Å². The highest BCUT2D eigenvalue weighted by Crippen LogP contribution is 2.17. The summed E-state index contributed by atoms with van der Waals surface area (Å²) in [6, 6.07) is 8.18. The Kier molecular flexibility index (Phi) is 8.26. The van der Waals surface area contributed by atoms with Crippen LogP contribution in [0.25, 0.3) is 0 Å². The SMILES string of the molecule is CCCNCc1ccccc1OCCOC(C)CC. The van der Waals surface area contributed by atoms with Crippen LogP contribution in [0, 0.1) is 0 Å². The number of ether oxygens (including phenoxy) is 2. The molecular weight excluding hydrogens is 238 g/mol. The zero-order valence-electron chi connectivity index (χ0n) is 12.4. The monoisotopic (exact) mass is 265 g/mol. The molecule has 0 saturated carbocycles. The highest BCUT2D eigenvalue weighted by atomic mass is 16.5. The summed E-state index contributed by atoms with van der Waals surface area (Å²) in [6.07, 6.45) is 2.49. The third-order valence-corrected chi connectivity index (χ3v) is 3.03. The fraction of sp³-hybridized carbons (Fsp3) is 0.625. The Morgan fingerprint density at radius 3 is 2.68 bits per heavy atom. The Hall–Kier alpha value is -1.06. The maximum atomic E-state index is 5.80. The van der Waals surface area contributed by atoms with Gasteiger partial charge in [-0.15, -0.1) is 0 Å². The molecule has 3 heteroatoms. The number of hydrogen-bond donors (Lipinski definition) is 1. The van der Waals surface area contributed by atoms with E-state index in [0.29, 0.717) is 19.3 Å². The lowest BCUT2D eigenvalue weighted by atomic mass is 10.2. The van der Waals surface area contributed by atoms with Crippen molar-refractivity contribution >= 4 is 0 Å². The molecule has 0 amide bonds. The van der Waals surface area contributed by atoms with Crippen LogP contribution in [0.15, 0.2) is 24.3 Å². The Morgan fingerprint density at radius 1 is 1.16 bits per heavy atom. The minimum absolute atomic E-state index is 0.310. The van der Waals surface area contributed by atoms with Crippen LogP contribution >= 0.6 is 0 Å². The average molecular weight is 265 g/mol. The summed E-state index contributed by atoms with van der Waals surface area (Å²) < 4.78 is 11.4. The first kappa shape index (κ1) is 16.0. The third kappa shape index (κ3) is 6.60. The molecule has 0 aliphatic heterocycles. The molecule has 0 aliphatic carbocycles. The van der Waals surface area contributed by atoms with Crippen LogP contribution in [-0.2, 0) is 11.3 Å². The van der Waals surface area contributed by atoms with Crippen LogP contribution in [-0.4, -0.2) is 25.9 Å². The molecule has 108 valence electrons. The summed E-state index contributed by atoms with van der Waals surface area (Å²) >= 11 is 0. The quantitative estimate of drug-likeness (QED) is 0.658. The minimum Gasteiger partial charge on any atom is -0.491 e. The van der Waals surface area contributed by atoms with Gasteiger partial charge in [-0.3, -0.25) is 0 Å². The van der Waals surface area contributed by atoms with Crippen LogP contribution in [0.4, 0.5) is 0 Å². The summed E-state index contributed by atoms with van der Waals surface area (Å²) in [6.45, 7) is 9.52. The molecule has 0 heterocycles. The van der Waals surface area contributed by atoms with Crippen molar-refractivity contribution in [3.05, 3.63) is 29.8 Å². The average Bonchev–Trinajstić information content (AvgIpc) is 2.45. The van der Waals surface area contributed by atoms with Gasteiger partial charge >= 0.3 is 0 Å².